The number of alkyl halides is 1. The number of pyridine rings is 1. The molecule has 0 aromatic carbocycles. The smallest absolute Gasteiger partial charge is 0.0299 e. The molecule has 1 aromatic rings. The first kappa shape index (κ1) is 10.7. The summed E-state index contributed by atoms with van der Waals surface area (Å²) < 4.78 is 0. The van der Waals surface area contributed by atoms with E-state index in [4.69, 9.17) is 0 Å². The van der Waals surface area contributed by atoms with Crippen LogP contribution in [-0.4, -0.2) is 9.81 Å². The molecule has 0 radical (unpaired) electrons. The minimum Gasteiger partial charge on any atom is -0.264 e. The van der Waals surface area contributed by atoms with Crippen molar-refractivity contribution in [3.05, 3.63) is 29.6 Å². The van der Waals surface area contributed by atoms with Gasteiger partial charge in [0.2, 0.25) is 0 Å². The Kier molecular flexibility index (Phi) is 3.91. The zero-order valence-electron chi connectivity index (χ0n) is 8.42. The second kappa shape index (κ2) is 4.75. The zero-order valence-corrected chi connectivity index (χ0v) is 10.0. The first-order valence-electron chi connectivity index (χ1n) is 4.71. The predicted octanol–water partition coefficient (Wildman–Crippen LogP) is 3.67. The lowest BCUT2D eigenvalue weighted by atomic mass is 9.94. The van der Waals surface area contributed by atoms with E-state index < -0.39 is 0 Å². The number of aromatic nitrogens is 1. The Morgan fingerprint density at radius 1 is 1.54 bits per heavy atom. The van der Waals surface area contributed by atoms with Gasteiger partial charge in [-0.2, -0.15) is 0 Å². The Morgan fingerprint density at radius 2 is 2.23 bits per heavy atom. The number of rotatable bonds is 3. The molecule has 0 aliphatic carbocycles. The van der Waals surface area contributed by atoms with E-state index in [0.717, 1.165) is 6.42 Å². The molecule has 72 valence electrons. The van der Waals surface area contributed by atoms with Gasteiger partial charge in [-0.05, 0) is 36.5 Å². The van der Waals surface area contributed by atoms with Gasteiger partial charge in [-0.3, -0.25) is 4.98 Å². The van der Waals surface area contributed by atoms with Crippen LogP contribution in [0.3, 0.4) is 0 Å². The highest BCUT2D eigenvalue weighted by atomic mass is 79.9. The summed E-state index contributed by atoms with van der Waals surface area (Å²) in [6, 6.07) is 2.12. The van der Waals surface area contributed by atoms with Crippen molar-refractivity contribution in [3.63, 3.8) is 0 Å². The molecular weight excluding hydrogens is 226 g/mol. The summed E-state index contributed by atoms with van der Waals surface area (Å²) in [5, 5.41) is 0. The summed E-state index contributed by atoms with van der Waals surface area (Å²) in [7, 11) is 0. The third-order valence-corrected chi connectivity index (χ3v) is 3.93. The molecular formula is C11H16BrN. The molecule has 2 unspecified atom stereocenters. The van der Waals surface area contributed by atoms with Crippen molar-refractivity contribution in [2.75, 3.05) is 0 Å². The predicted molar refractivity (Wildman–Crippen MR) is 60.4 cm³/mol. The molecule has 1 nitrogen and oxygen atoms in total. The van der Waals surface area contributed by atoms with Gasteiger partial charge in [0.15, 0.2) is 0 Å². The second-order valence-corrected chi connectivity index (χ2v) is 4.62. The van der Waals surface area contributed by atoms with Crippen molar-refractivity contribution in [2.24, 2.45) is 0 Å². The standard InChI is InChI=1S/C11H16BrN/c1-4-11(12)9(3)10-5-6-13-7-8(10)2/h5-7,9,11H,4H2,1-3H3. The fourth-order valence-electron chi connectivity index (χ4n) is 1.54. The summed E-state index contributed by atoms with van der Waals surface area (Å²) in [4.78, 5) is 4.66. The van der Waals surface area contributed by atoms with Gasteiger partial charge >= 0.3 is 0 Å². The SMILES string of the molecule is CCC(Br)C(C)c1ccncc1C. The Bertz CT molecular complexity index is 273. The fraction of sp³-hybridized carbons (Fsp3) is 0.545. The average molecular weight is 242 g/mol. The Labute approximate surface area is 88.7 Å². The first-order chi connectivity index (χ1) is 6.16. The molecule has 1 rings (SSSR count). The maximum Gasteiger partial charge on any atom is 0.0299 e. The van der Waals surface area contributed by atoms with Crippen molar-refractivity contribution in [2.45, 2.75) is 37.9 Å². The van der Waals surface area contributed by atoms with Gasteiger partial charge in [-0.1, -0.05) is 29.8 Å². The lowest BCUT2D eigenvalue weighted by Crippen LogP contribution is -2.09. The van der Waals surface area contributed by atoms with Gasteiger partial charge in [0.05, 0.1) is 0 Å². The molecule has 1 aromatic heterocycles. The van der Waals surface area contributed by atoms with Crippen LogP contribution >= 0.6 is 15.9 Å². The van der Waals surface area contributed by atoms with Gasteiger partial charge < -0.3 is 0 Å². The van der Waals surface area contributed by atoms with Crippen LogP contribution in [0.5, 0.6) is 0 Å². The van der Waals surface area contributed by atoms with Crippen LogP contribution < -0.4 is 0 Å². The number of aryl methyl sites for hydroxylation is 1. The highest BCUT2D eigenvalue weighted by Gasteiger charge is 2.15. The zero-order chi connectivity index (χ0) is 9.84. The van der Waals surface area contributed by atoms with Crippen LogP contribution in [0.15, 0.2) is 18.5 Å². The minimum absolute atomic E-state index is 0.563. The lowest BCUT2D eigenvalue weighted by molar-refractivity contribution is 0.689. The maximum atomic E-state index is 4.10. The summed E-state index contributed by atoms with van der Waals surface area (Å²) in [5.74, 6) is 0.563. The highest BCUT2D eigenvalue weighted by Crippen LogP contribution is 2.28. The van der Waals surface area contributed by atoms with E-state index in [1.807, 2.05) is 12.4 Å². The van der Waals surface area contributed by atoms with Gasteiger partial charge in [-0.25, -0.2) is 0 Å². The molecule has 2 atom stereocenters. The third kappa shape index (κ3) is 2.53. The largest absolute Gasteiger partial charge is 0.264 e. The molecule has 0 amide bonds. The monoisotopic (exact) mass is 241 g/mol. The molecule has 0 spiro atoms. The number of hydrogen-bond donors (Lipinski definition) is 0. The second-order valence-electron chi connectivity index (χ2n) is 3.45. The van der Waals surface area contributed by atoms with E-state index in [9.17, 15) is 0 Å². The fourth-order valence-corrected chi connectivity index (χ4v) is 1.83. The van der Waals surface area contributed by atoms with Crippen molar-refractivity contribution in [1.82, 2.24) is 4.98 Å². The number of halogens is 1. The van der Waals surface area contributed by atoms with Crippen LogP contribution in [0.2, 0.25) is 0 Å². The van der Waals surface area contributed by atoms with E-state index in [-0.39, 0.29) is 0 Å². The molecule has 0 aliphatic rings. The molecule has 13 heavy (non-hydrogen) atoms. The molecule has 0 bridgehead atoms. The normalized spacial score (nSPS) is 15.4. The molecule has 0 fully saturated rings. The molecule has 2 heteroatoms. The summed E-state index contributed by atoms with van der Waals surface area (Å²) >= 11 is 3.69. The number of hydrogen-bond acceptors (Lipinski definition) is 1. The molecule has 0 saturated heterocycles. The van der Waals surface area contributed by atoms with E-state index in [1.165, 1.54) is 11.1 Å². The van der Waals surface area contributed by atoms with Crippen molar-refractivity contribution in [3.8, 4) is 0 Å². The van der Waals surface area contributed by atoms with E-state index in [2.05, 4.69) is 47.8 Å². The molecule has 0 N–H and O–H groups in total. The first-order valence-corrected chi connectivity index (χ1v) is 5.63. The molecule has 1 heterocycles. The Morgan fingerprint density at radius 3 is 2.77 bits per heavy atom. The molecule has 0 aliphatic heterocycles. The average Bonchev–Trinajstić information content (AvgIpc) is 2.16. The van der Waals surface area contributed by atoms with Gasteiger partial charge in [0, 0.05) is 17.2 Å². The quantitative estimate of drug-likeness (QED) is 0.737. The van der Waals surface area contributed by atoms with Crippen molar-refractivity contribution >= 4 is 15.9 Å². The highest BCUT2D eigenvalue weighted by molar-refractivity contribution is 9.09. The minimum atomic E-state index is 0.563. The van der Waals surface area contributed by atoms with Gasteiger partial charge in [0.25, 0.3) is 0 Å². The van der Waals surface area contributed by atoms with E-state index in [1.54, 1.807) is 0 Å². The van der Waals surface area contributed by atoms with Crippen molar-refractivity contribution in [1.29, 1.82) is 0 Å². The van der Waals surface area contributed by atoms with E-state index in [0.29, 0.717) is 10.7 Å². The van der Waals surface area contributed by atoms with Gasteiger partial charge in [0.1, 0.15) is 0 Å². The number of nitrogens with zero attached hydrogens (tertiary/aromatic N) is 1. The summed E-state index contributed by atoms with van der Waals surface area (Å²) in [6.07, 6.45) is 4.96. The summed E-state index contributed by atoms with van der Waals surface area (Å²) in [5.41, 5.74) is 2.69. The van der Waals surface area contributed by atoms with Crippen molar-refractivity contribution < 1.29 is 0 Å². The maximum absolute atomic E-state index is 4.10. The van der Waals surface area contributed by atoms with Gasteiger partial charge in [-0.15, -0.1) is 0 Å². The van der Waals surface area contributed by atoms with E-state index >= 15 is 0 Å². The molecule has 0 saturated carbocycles. The Balaban J connectivity index is 2.88. The third-order valence-electron chi connectivity index (χ3n) is 2.49. The van der Waals surface area contributed by atoms with Crippen LogP contribution in [0.4, 0.5) is 0 Å². The topological polar surface area (TPSA) is 12.9 Å². The summed E-state index contributed by atoms with van der Waals surface area (Å²) in [6.45, 7) is 6.58. The van der Waals surface area contributed by atoms with Crippen LogP contribution in [0.1, 0.15) is 37.3 Å². The van der Waals surface area contributed by atoms with Crippen LogP contribution in [0, 0.1) is 6.92 Å². The van der Waals surface area contributed by atoms with Crippen LogP contribution in [-0.2, 0) is 0 Å². The lowest BCUT2D eigenvalue weighted by Gasteiger charge is -2.18. The van der Waals surface area contributed by atoms with Crippen LogP contribution in [0.25, 0.3) is 0 Å². The Hall–Kier alpha value is -0.370.